The molecule has 0 saturated carbocycles. The van der Waals surface area contributed by atoms with E-state index >= 15 is 0 Å². The number of aromatic amines is 1. The molecule has 0 saturated heterocycles. The van der Waals surface area contributed by atoms with Crippen molar-refractivity contribution in [1.82, 2.24) is 20.1 Å². The van der Waals surface area contributed by atoms with Crippen LogP contribution in [0.25, 0.3) is 0 Å². The number of nitrogens with zero attached hydrogens (tertiary/aromatic N) is 2. The van der Waals surface area contributed by atoms with E-state index in [2.05, 4.69) is 15.5 Å². The summed E-state index contributed by atoms with van der Waals surface area (Å²) in [4.78, 5) is 11.6. The van der Waals surface area contributed by atoms with Gasteiger partial charge in [-0.1, -0.05) is 13.8 Å². The van der Waals surface area contributed by atoms with Crippen LogP contribution < -0.4 is 5.32 Å². The van der Waals surface area contributed by atoms with Gasteiger partial charge in [-0.15, -0.1) is 0 Å². The molecule has 0 radical (unpaired) electrons. The predicted octanol–water partition coefficient (Wildman–Crippen LogP) is 1.22. The van der Waals surface area contributed by atoms with Crippen molar-refractivity contribution in [3.8, 4) is 0 Å². The van der Waals surface area contributed by atoms with E-state index in [9.17, 15) is 4.79 Å². The van der Waals surface area contributed by atoms with E-state index in [1.54, 1.807) is 7.11 Å². The smallest absolute Gasteiger partial charge is 0.221 e. The van der Waals surface area contributed by atoms with Crippen molar-refractivity contribution in [2.75, 3.05) is 20.3 Å². The first-order chi connectivity index (χ1) is 8.56. The Bertz CT molecular complexity index is 438. The van der Waals surface area contributed by atoms with Gasteiger partial charge < -0.3 is 14.6 Å². The van der Waals surface area contributed by atoms with Crippen molar-refractivity contribution >= 4 is 18.1 Å². The minimum absolute atomic E-state index is 0.00939. The highest BCUT2D eigenvalue weighted by Gasteiger charge is 2.11. The molecular weight excluding hydrogens is 252 g/mol. The number of carbonyl (C=O) groups excluding carboxylic acids is 1. The zero-order valence-corrected chi connectivity index (χ0v) is 11.8. The quantitative estimate of drug-likeness (QED) is 0.578. The fourth-order valence-electron chi connectivity index (χ4n) is 1.58. The van der Waals surface area contributed by atoms with Gasteiger partial charge in [0.25, 0.3) is 0 Å². The van der Waals surface area contributed by atoms with Crippen LogP contribution in [0.3, 0.4) is 0 Å². The van der Waals surface area contributed by atoms with Crippen LogP contribution in [-0.2, 0) is 16.1 Å². The third kappa shape index (κ3) is 4.23. The number of H-pyrrole nitrogens is 1. The number of aromatic nitrogens is 3. The van der Waals surface area contributed by atoms with E-state index in [1.165, 1.54) is 0 Å². The molecule has 0 bridgehead atoms. The molecular formula is C11H20N4O2S. The van der Waals surface area contributed by atoms with Crippen molar-refractivity contribution in [3.05, 3.63) is 10.6 Å². The molecule has 0 spiro atoms. The SMILES string of the molecule is COCCNC(=O)CCn1c(C(C)C)n[nH]c1=S. The number of rotatable bonds is 7. The Morgan fingerprint density at radius 1 is 1.61 bits per heavy atom. The molecule has 0 aliphatic carbocycles. The van der Waals surface area contributed by atoms with E-state index in [1.807, 2.05) is 18.4 Å². The maximum atomic E-state index is 11.6. The first-order valence-electron chi connectivity index (χ1n) is 5.97. The van der Waals surface area contributed by atoms with E-state index in [0.717, 1.165) is 5.82 Å². The van der Waals surface area contributed by atoms with Crippen molar-refractivity contribution < 1.29 is 9.53 Å². The summed E-state index contributed by atoms with van der Waals surface area (Å²) in [5, 5.41) is 9.69. The lowest BCUT2D eigenvalue weighted by molar-refractivity contribution is -0.121. The summed E-state index contributed by atoms with van der Waals surface area (Å²) in [6, 6.07) is 0. The van der Waals surface area contributed by atoms with E-state index in [4.69, 9.17) is 17.0 Å². The van der Waals surface area contributed by atoms with Gasteiger partial charge >= 0.3 is 0 Å². The third-order valence-electron chi connectivity index (χ3n) is 2.50. The van der Waals surface area contributed by atoms with Crippen LogP contribution >= 0.6 is 12.2 Å². The second-order valence-electron chi connectivity index (χ2n) is 4.29. The first-order valence-corrected chi connectivity index (χ1v) is 6.37. The van der Waals surface area contributed by atoms with E-state index in [-0.39, 0.29) is 11.8 Å². The summed E-state index contributed by atoms with van der Waals surface area (Å²) in [5.74, 6) is 1.14. The van der Waals surface area contributed by atoms with Gasteiger partial charge in [0.1, 0.15) is 5.82 Å². The molecule has 0 fully saturated rings. The molecule has 1 aromatic heterocycles. The average Bonchev–Trinajstić information content (AvgIpc) is 2.68. The largest absolute Gasteiger partial charge is 0.383 e. The molecule has 0 aliphatic heterocycles. The van der Waals surface area contributed by atoms with E-state index in [0.29, 0.717) is 30.9 Å². The number of methoxy groups -OCH3 is 1. The van der Waals surface area contributed by atoms with Crippen molar-refractivity contribution in [1.29, 1.82) is 0 Å². The molecule has 0 aliphatic rings. The van der Waals surface area contributed by atoms with Crippen molar-refractivity contribution in [2.24, 2.45) is 0 Å². The normalized spacial score (nSPS) is 10.9. The maximum Gasteiger partial charge on any atom is 0.221 e. The van der Waals surface area contributed by atoms with Gasteiger partial charge in [0, 0.05) is 32.5 Å². The van der Waals surface area contributed by atoms with Gasteiger partial charge in [-0.2, -0.15) is 5.10 Å². The number of hydrogen-bond acceptors (Lipinski definition) is 4. The first kappa shape index (κ1) is 14.8. The Kier molecular flexibility index (Phi) is 6.00. The highest BCUT2D eigenvalue weighted by Crippen LogP contribution is 2.11. The summed E-state index contributed by atoms with van der Waals surface area (Å²) >= 11 is 5.14. The second kappa shape index (κ2) is 7.27. The van der Waals surface area contributed by atoms with Gasteiger partial charge in [-0.25, -0.2) is 0 Å². The number of carbonyl (C=O) groups is 1. The fourth-order valence-corrected chi connectivity index (χ4v) is 1.81. The van der Waals surface area contributed by atoms with Crippen LogP contribution in [-0.4, -0.2) is 40.9 Å². The van der Waals surface area contributed by atoms with Crippen LogP contribution in [0.15, 0.2) is 0 Å². The molecule has 2 N–H and O–H groups in total. The van der Waals surface area contributed by atoms with Gasteiger partial charge in [0.15, 0.2) is 4.77 Å². The van der Waals surface area contributed by atoms with Gasteiger partial charge in [0.2, 0.25) is 5.91 Å². The molecule has 1 amide bonds. The lowest BCUT2D eigenvalue weighted by Gasteiger charge is -2.09. The number of amides is 1. The van der Waals surface area contributed by atoms with Gasteiger partial charge in [-0.05, 0) is 12.2 Å². The highest BCUT2D eigenvalue weighted by molar-refractivity contribution is 7.71. The Morgan fingerprint density at radius 2 is 2.33 bits per heavy atom. The average molecular weight is 272 g/mol. The van der Waals surface area contributed by atoms with Crippen LogP contribution in [0.2, 0.25) is 0 Å². The van der Waals surface area contributed by atoms with Crippen molar-refractivity contribution in [3.63, 3.8) is 0 Å². The fraction of sp³-hybridized carbons (Fsp3) is 0.727. The Balaban J connectivity index is 2.50. The molecule has 102 valence electrons. The molecule has 1 aromatic rings. The maximum absolute atomic E-state index is 11.6. The van der Waals surface area contributed by atoms with Crippen LogP contribution in [0, 0.1) is 4.77 Å². The monoisotopic (exact) mass is 272 g/mol. The zero-order chi connectivity index (χ0) is 13.5. The summed E-state index contributed by atoms with van der Waals surface area (Å²) in [7, 11) is 1.60. The topological polar surface area (TPSA) is 71.9 Å². The summed E-state index contributed by atoms with van der Waals surface area (Å²) in [6.45, 7) is 5.68. The van der Waals surface area contributed by atoms with Gasteiger partial charge in [-0.3, -0.25) is 9.89 Å². The van der Waals surface area contributed by atoms with Crippen LogP contribution in [0.4, 0.5) is 0 Å². The van der Waals surface area contributed by atoms with Crippen LogP contribution in [0.1, 0.15) is 32.0 Å². The van der Waals surface area contributed by atoms with Crippen molar-refractivity contribution in [2.45, 2.75) is 32.7 Å². The minimum Gasteiger partial charge on any atom is -0.383 e. The summed E-state index contributed by atoms with van der Waals surface area (Å²) in [5.41, 5.74) is 0. The molecule has 6 nitrogen and oxygen atoms in total. The Hall–Kier alpha value is -1.21. The molecule has 0 aromatic carbocycles. The highest BCUT2D eigenvalue weighted by atomic mass is 32.1. The summed E-state index contributed by atoms with van der Waals surface area (Å²) < 4.78 is 7.29. The van der Waals surface area contributed by atoms with Gasteiger partial charge in [0.05, 0.1) is 6.61 Å². The minimum atomic E-state index is -0.00939. The van der Waals surface area contributed by atoms with E-state index < -0.39 is 0 Å². The second-order valence-corrected chi connectivity index (χ2v) is 4.67. The third-order valence-corrected chi connectivity index (χ3v) is 2.81. The van der Waals surface area contributed by atoms with Crippen LogP contribution in [0.5, 0.6) is 0 Å². The molecule has 7 heteroatoms. The molecule has 18 heavy (non-hydrogen) atoms. The lowest BCUT2D eigenvalue weighted by atomic mass is 10.2. The number of nitrogens with one attached hydrogen (secondary N) is 2. The Labute approximate surface area is 112 Å². The lowest BCUT2D eigenvalue weighted by Crippen LogP contribution is -2.28. The molecule has 0 atom stereocenters. The Morgan fingerprint density at radius 3 is 2.94 bits per heavy atom. The molecule has 1 rings (SSSR count). The zero-order valence-electron chi connectivity index (χ0n) is 11.0. The predicted molar refractivity (Wildman–Crippen MR) is 71.0 cm³/mol. The molecule has 1 heterocycles. The number of hydrogen-bond donors (Lipinski definition) is 2. The summed E-state index contributed by atoms with van der Waals surface area (Å²) in [6.07, 6.45) is 0.386. The molecule has 0 unspecified atom stereocenters. The number of ether oxygens (including phenoxy) is 1. The standard InChI is InChI=1S/C11H20N4O2S/c1-8(2)10-13-14-11(18)15(10)6-4-9(16)12-5-7-17-3/h8H,4-7H2,1-3H3,(H,12,16)(H,14,18).